The normalized spacial score (nSPS) is 21.7. The number of hydrogen-bond donors (Lipinski definition) is 1. The standard InChI is InChI=1S/C17H19BrFN3O/c1-10-8-12(18)9-13-14(10)20-16(21-15(13)23)17(11-2-3-11)4-6-22(19)7-5-17/h8-9,11H,2-7H2,1H3,(H,20,21,23). The summed E-state index contributed by atoms with van der Waals surface area (Å²) in [5.41, 5.74) is 1.47. The van der Waals surface area contributed by atoms with Gasteiger partial charge in [-0.2, -0.15) is 0 Å². The quantitative estimate of drug-likeness (QED) is 0.810. The van der Waals surface area contributed by atoms with Gasteiger partial charge in [0.05, 0.1) is 10.9 Å². The molecule has 0 atom stereocenters. The summed E-state index contributed by atoms with van der Waals surface area (Å²) in [4.78, 5) is 20.5. The molecule has 4 nitrogen and oxygen atoms in total. The van der Waals surface area contributed by atoms with Crippen molar-refractivity contribution in [3.63, 3.8) is 0 Å². The van der Waals surface area contributed by atoms with Crippen molar-refractivity contribution < 1.29 is 4.48 Å². The summed E-state index contributed by atoms with van der Waals surface area (Å²) in [6.07, 6.45) is 3.73. The Morgan fingerprint density at radius 2 is 2.04 bits per heavy atom. The van der Waals surface area contributed by atoms with Crippen molar-refractivity contribution in [1.29, 1.82) is 0 Å². The van der Waals surface area contributed by atoms with Gasteiger partial charge in [-0.3, -0.25) is 4.79 Å². The fourth-order valence-electron chi connectivity index (χ4n) is 3.96. The van der Waals surface area contributed by atoms with E-state index < -0.39 is 0 Å². The zero-order valence-electron chi connectivity index (χ0n) is 13.0. The third-order valence-corrected chi connectivity index (χ3v) is 5.85. The van der Waals surface area contributed by atoms with E-state index in [0.717, 1.165) is 52.2 Å². The molecule has 1 aliphatic carbocycles. The predicted molar refractivity (Wildman–Crippen MR) is 91.1 cm³/mol. The first-order valence-corrected chi connectivity index (χ1v) is 8.90. The van der Waals surface area contributed by atoms with Crippen LogP contribution in [0.15, 0.2) is 21.4 Å². The predicted octanol–water partition coefficient (Wildman–Crippen LogP) is 3.62. The fraction of sp³-hybridized carbons (Fsp3) is 0.529. The highest BCUT2D eigenvalue weighted by Gasteiger charge is 2.50. The van der Waals surface area contributed by atoms with Gasteiger partial charge in [-0.05, 0) is 56.2 Å². The third-order valence-electron chi connectivity index (χ3n) is 5.40. The van der Waals surface area contributed by atoms with Crippen LogP contribution in [0, 0.1) is 12.8 Å². The molecule has 0 bridgehead atoms. The molecule has 23 heavy (non-hydrogen) atoms. The van der Waals surface area contributed by atoms with Gasteiger partial charge in [0, 0.05) is 23.0 Å². The van der Waals surface area contributed by atoms with E-state index >= 15 is 0 Å². The Hall–Kier alpha value is -1.27. The molecule has 4 rings (SSSR count). The maximum absolute atomic E-state index is 13.5. The van der Waals surface area contributed by atoms with Crippen molar-refractivity contribution >= 4 is 26.8 Å². The molecule has 1 aromatic heterocycles. The molecule has 2 fully saturated rings. The Morgan fingerprint density at radius 3 is 2.70 bits per heavy atom. The minimum atomic E-state index is -0.171. The monoisotopic (exact) mass is 379 g/mol. The number of nitrogens with one attached hydrogen (secondary N) is 1. The van der Waals surface area contributed by atoms with E-state index in [9.17, 15) is 9.28 Å². The number of H-pyrrole nitrogens is 1. The number of aromatic amines is 1. The number of aromatic nitrogens is 2. The van der Waals surface area contributed by atoms with Crippen LogP contribution in [-0.2, 0) is 5.41 Å². The van der Waals surface area contributed by atoms with Crippen LogP contribution in [0.4, 0.5) is 4.48 Å². The van der Waals surface area contributed by atoms with Crippen molar-refractivity contribution in [2.75, 3.05) is 13.1 Å². The van der Waals surface area contributed by atoms with Crippen LogP contribution in [0.5, 0.6) is 0 Å². The molecule has 0 amide bonds. The zero-order valence-corrected chi connectivity index (χ0v) is 14.6. The lowest BCUT2D eigenvalue weighted by atomic mass is 9.73. The van der Waals surface area contributed by atoms with E-state index in [-0.39, 0.29) is 11.0 Å². The SMILES string of the molecule is Cc1cc(Br)cc2c(=O)[nH]c(C3(C4CC4)CCN(F)CC3)nc12. The maximum Gasteiger partial charge on any atom is 0.258 e. The molecular formula is C17H19BrFN3O. The van der Waals surface area contributed by atoms with Crippen LogP contribution in [0.1, 0.15) is 37.1 Å². The van der Waals surface area contributed by atoms with Crippen molar-refractivity contribution in [3.05, 3.63) is 38.3 Å². The van der Waals surface area contributed by atoms with Gasteiger partial charge in [0.25, 0.3) is 5.56 Å². The molecule has 1 aromatic carbocycles. The van der Waals surface area contributed by atoms with Crippen molar-refractivity contribution in [2.45, 2.75) is 38.0 Å². The molecule has 1 N–H and O–H groups in total. The molecule has 1 saturated carbocycles. The average molecular weight is 380 g/mol. The molecule has 1 aliphatic heterocycles. The fourth-order valence-corrected chi connectivity index (χ4v) is 4.53. The van der Waals surface area contributed by atoms with Crippen LogP contribution in [0.25, 0.3) is 10.9 Å². The summed E-state index contributed by atoms with van der Waals surface area (Å²) in [6.45, 7) is 2.80. The summed E-state index contributed by atoms with van der Waals surface area (Å²) in [6, 6.07) is 3.79. The Balaban J connectivity index is 1.89. The van der Waals surface area contributed by atoms with Crippen LogP contribution in [-0.4, -0.2) is 28.2 Å². The topological polar surface area (TPSA) is 49.0 Å². The summed E-state index contributed by atoms with van der Waals surface area (Å²) in [5.74, 6) is 1.28. The highest BCUT2D eigenvalue weighted by atomic mass is 79.9. The lowest BCUT2D eigenvalue weighted by Crippen LogP contribution is -2.43. The summed E-state index contributed by atoms with van der Waals surface area (Å²) in [7, 11) is 0. The Morgan fingerprint density at radius 1 is 1.35 bits per heavy atom. The highest BCUT2D eigenvalue weighted by Crippen LogP contribution is 2.52. The Bertz CT molecular complexity index is 822. The van der Waals surface area contributed by atoms with E-state index in [2.05, 4.69) is 20.9 Å². The highest BCUT2D eigenvalue weighted by molar-refractivity contribution is 9.10. The second-order valence-corrected chi connectivity index (χ2v) is 7.79. The van der Waals surface area contributed by atoms with E-state index in [1.807, 2.05) is 19.1 Å². The summed E-state index contributed by atoms with van der Waals surface area (Å²) in [5, 5.41) is 1.48. The van der Waals surface area contributed by atoms with Gasteiger partial charge in [-0.25, -0.2) is 4.98 Å². The van der Waals surface area contributed by atoms with Crippen LogP contribution < -0.4 is 5.56 Å². The van der Waals surface area contributed by atoms with Gasteiger partial charge in [-0.1, -0.05) is 15.9 Å². The molecule has 1 saturated heterocycles. The molecule has 0 unspecified atom stereocenters. The molecule has 2 aromatic rings. The smallest absolute Gasteiger partial charge is 0.258 e. The molecular weight excluding hydrogens is 361 g/mol. The average Bonchev–Trinajstić information content (AvgIpc) is 3.34. The van der Waals surface area contributed by atoms with Gasteiger partial charge < -0.3 is 4.98 Å². The lowest BCUT2D eigenvalue weighted by Gasteiger charge is -2.38. The van der Waals surface area contributed by atoms with Gasteiger partial charge in [0.15, 0.2) is 0 Å². The van der Waals surface area contributed by atoms with E-state index in [1.54, 1.807) is 0 Å². The first-order chi connectivity index (χ1) is 11.0. The second-order valence-electron chi connectivity index (χ2n) is 6.87. The van der Waals surface area contributed by atoms with Gasteiger partial charge in [-0.15, -0.1) is 9.60 Å². The number of benzene rings is 1. The molecule has 2 heterocycles. The number of rotatable bonds is 2. The second kappa shape index (κ2) is 5.38. The molecule has 6 heteroatoms. The molecule has 0 radical (unpaired) electrons. The third kappa shape index (κ3) is 2.52. The van der Waals surface area contributed by atoms with Crippen molar-refractivity contribution in [2.24, 2.45) is 5.92 Å². The van der Waals surface area contributed by atoms with Crippen molar-refractivity contribution in [1.82, 2.24) is 15.1 Å². The lowest BCUT2D eigenvalue weighted by molar-refractivity contribution is -0.0224. The van der Waals surface area contributed by atoms with E-state index in [1.165, 1.54) is 0 Å². The number of halogens is 2. The molecule has 0 spiro atoms. The van der Waals surface area contributed by atoms with Gasteiger partial charge >= 0.3 is 0 Å². The van der Waals surface area contributed by atoms with Crippen LogP contribution in [0.2, 0.25) is 0 Å². The zero-order chi connectivity index (χ0) is 16.2. The summed E-state index contributed by atoms with van der Waals surface area (Å²) >= 11 is 3.44. The Kier molecular flexibility index (Phi) is 3.57. The number of fused-ring (bicyclic) bond motifs is 1. The van der Waals surface area contributed by atoms with Crippen LogP contribution in [0.3, 0.4) is 0 Å². The number of aryl methyl sites for hydroxylation is 1. The van der Waals surface area contributed by atoms with Crippen LogP contribution >= 0.6 is 15.9 Å². The van der Waals surface area contributed by atoms with E-state index in [4.69, 9.17) is 4.98 Å². The maximum atomic E-state index is 13.5. The minimum absolute atomic E-state index is 0.0999. The minimum Gasteiger partial charge on any atom is -0.310 e. The van der Waals surface area contributed by atoms with Gasteiger partial charge in [0.2, 0.25) is 0 Å². The van der Waals surface area contributed by atoms with Crippen molar-refractivity contribution in [3.8, 4) is 0 Å². The van der Waals surface area contributed by atoms with Gasteiger partial charge in [0.1, 0.15) is 5.82 Å². The summed E-state index contributed by atoms with van der Waals surface area (Å²) < 4.78 is 14.4. The van der Waals surface area contributed by atoms with E-state index in [0.29, 0.717) is 24.4 Å². The first kappa shape index (κ1) is 15.3. The molecule has 2 aliphatic rings. The first-order valence-electron chi connectivity index (χ1n) is 8.11. The largest absolute Gasteiger partial charge is 0.310 e. The Labute approximate surface area is 142 Å². The number of nitrogens with zero attached hydrogens (tertiary/aromatic N) is 2. The number of piperidine rings is 1. The molecule has 122 valence electrons. The number of hydrogen-bond acceptors (Lipinski definition) is 3.